The highest BCUT2D eigenvalue weighted by molar-refractivity contribution is 5.79. The van der Waals surface area contributed by atoms with Crippen molar-refractivity contribution in [2.45, 2.75) is 38.1 Å². The van der Waals surface area contributed by atoms with Crippen LogP contribution in [0.5, 0.6) is 0 Å². The van der Waals surface area contributed by atoms with Crippen LogP contribution in [0.3, 0.4) is 0 Å². The second kappa shape index (κ2) is 5.61. The lowest BCUT2D eigenvalue weighted by Crippen LogP contribution is -2.41. The highest BCUT2D eigenvalue weighted by Gasteiger charge is 2.26. The van der Waals surface area contributed by atoms with Gasteiger partial charge in [-0.05, 0) is 12.8 Å². The zero-order chi connectivity index (χ0) is 10.4. The number of nitrogens with zero attached hydrogens (tertiary/aromatic N) is 1. The first-order chi connectivity index (χ1) is 6.75. The monoisotopic (exact) mass is 195 g/mol. The number of carbonyl (C=O) groups is 1. The molecule has 78 valence electrons. The molecule has 1 rings (SSSR count). The normalized spacial score (nSPS) is 27.4. The molecule has 0 aromatic rings. The average molecular weight is 195 g/mol. The number of amides is 1. The summed E-state index contributed by atoms with van der Waals surface area (Å²) >= 11 is 0. The molecular formula is C10H17N3O. The van der Waals surface area contributed by atoms with Gasteiger partial charge < -0.3 is 11.1 Å². The molecule has 0 spiro atoms. The van der Waals surface area contributed by atoms with E-state index in [0.717, 1.165) is 32.1 Å². The van der Waals surface area contributed by atoms with E-state index >= 15 is 0 Å². The molecule has 2 atom stereocenters. The Morgan fingerprint density at radius 1 is 1.43 bits per heavy atom. The maximum atomic E-state index is 11.6. The van der Waals surface area contributed by atoms with Crippen LogP contribution in [-0.4, -0.2) is 18.5 Å². The minimum absolute atomic E-state index is 0.0313. The van der Waals surface area contributed by atoms with Gasteiger partial charge in [0.25, 0.3) is 0 Å². The molecule has 0 aromatic heterocycles. The fourth-order valence-electron chi connectivity index (χ4n) is 1.92. The van der Waals surface area contributed by atoms with Gasteiger partial charge >= 0.3 is 0 Å². The predicted octanol–water partition coefficient (Wildman–Crippen LogP) is 0.534. The van der Waals surface area contributed by atoms with E-state index in [1.54, 1.807) is 0 Å². The number of nitrogens with two attached hydrogens (primary N) is 1. The molecule has 1 aliphatic carbocycles. The minimum Gasteiger partial charge on any atom is -0.343 e. The molecule has 0 aromatic carbocycles. The lowest BCUT2D eigenvalue weighted by Gasteiger charge is -2.19. The molecule has 4 heteroatoms. The van der Waals surface area contributed by atoms with Crippen LogP contribution >= 0.6 is 0 Å². The first kappa shape index (κ1) is 11.0. The summed E-state index contributed by atoms with van der Waals surface area (Å²) < 4.78 is 0. The van der Waals surface area contributed by atoms with Gasteiger partial charge in [-0.25, -0.2) is 0 Å². The van der Waals surface area contributed by atoms with Gasteiger partial charge in [-0.15, -0.1) is 0 Å². The summed E-state index contributed by atoms with van der Waals surface area (Å²) in [6.45, 7) is 0.0854. The van der Waals surface area contributed by atoms with Gasteiger partial charge in [0.05, 0.1) is 12.0 Å². The third-order valence-corrected chi connectivity index (χ3v) is 2.75. The van der Waals surface area contributed by atoms with E-state index < -0.39 is 0 Å². The number of nitrogens with one attached hydrogen (secondary N) is 1. The Morgan fingerprint density at radius 3 is 2.86 bits per heavy atom. The first-order valence-electron chi connectivity index (χ1n) is 5.16. The van der Waals surface area contributed by atoms with Crippen LogP contribution < -0.4 is 11.1 Å². The molecule has 1 saturated carbocycles. The Kier molecular flexibility index (Phi) is 4.41. The molecule has 0 saturated heterocycles. The van der Waals surface area contributed by atoms with Crippen LogP contribution in [0.15, 0.2) is 0 Å². The molecule has 0 bridgehead atoms. The Labute approximate surface area is 84.5 Å². The fraction of sp³-hybridized carbons (Fsp3) is 0.800. The molecule has 0 radical (unpaired) electrons. The van der Waals surface area contributed by atoms with Crippen molar-refractivity contribution in [1.29, 1.82) is 5.26 Å². The SMILES string of the molecule is N#CCNC(=O)C1CCCCCC1N. The highest BCUT2D eigenvalue weighted by Crippen LogP contribution is 2.22. The molecule has 1 fully saturated rings. The molecular weight excluding hydrogens is 178 g/mol. The van der Waals surface area contributed by atoms with Gasteiger partial charge in [-0.2, -0.15) is 5.26 Å². The minimum atomic E-state index is -0.0918. The van der Waals surface area contributed by atoms with Gasteiger partial charge in [0.2, 0.25) is 5.91 Å². The fourth-order valence-corrected chi connectivity index (χ4v) is 1.92. The van der Waals surface area contributed by atoms with Crippen molar-refractivity contribution in [2.24, 2.45) is 11.7 Å². The van der Waals surface area contributed by atoms with Gasteiger partial charge in [0, 0.05) is 6.04 Å². The van der Waals surface area contributed by atoms with E-state index in [1.807, 2.05) is 6.07 Å². The Morgan fingerprint density at radius 2 is 2.14 bits per heavy atom. The molecule has 3 N–H and O–H groups in total. The standard InChI is InChI=1S/C10H17N3O/c11-6-7-13-10(14)8-4-2-1-3-5-9(8)12/h8-9H,1-5,7,12H2,(H,13,14). The topological polar surface area (TPSA) is 78.9 Å². The van der Waals surface area contributed by atoms with Crippen LogP contribution in [0.2, 0.25) is 0 Å². The van der Waals surface area contributed by atoms with E-state index in [0.29, 0.717) is 0 Å². The van der Waals surface area contributed by atoms with Crippen LogP contribution in [0.1, 0.15) is 32.1 Å². The summed E-state index contributed by atoms with van der Waals surface area (Å²) in [5.41, 5.74) is 5.91. The quantitative estimate of drug-likeness (QED) is 0.498. The van der Waals surface area contributed by atoms with Crippen molar-refractivity contribution >= 4 is 5.91 Å². The van der Waals surface area contributed by atoms with Crippen molar-refractivity contribution in [3.8, 4) is 6.07 Å². The predicted molar refractivity (Wildman–Crippen MR) is 53.2 cm³/mol. The van der Waals surface area contributed by atoms with Crippen molar-refractivity contribution in [3.63, 3.8) is 0 Å². The molecule has 1 amide bonds. The summed E-state index contributed by atoms with van der Waals surface area (Å²) in [6.07, 6.45) is 5.13. The van der Waals surface area contributed by atoms with Crippen LogP contribution in [0.25, 0.3) is 0 Å². The molecule has 0 aliphatic heterocycles. The summed E-state index contributed by atoms with van der Waals surface area (Å²) in [7, 11) is 0. The van der Waals surface area contributed by atoms with Crippen molar-refractivity contribution in [2.75, 3.05) is 6.54 Å². The molecule has 1 aliphatic rings. The summed E-state index contributed by atoms with van der Waals surface area (Å²) in [5.74, 6) is -0.146. The van der Waals surface area contributed by atoms with Gasteiger partial charge in [0.15, 0.2) is 0 Å². The first-order valence-corrected chi connectivity index (χ1v) is 5.16. The van der Waals surface area contributed by atoms with Gasteiger partial charge in [-0.1, -0.05) is 19.3 Å². The number of hydrogen-bond acceptors (Lipinski definition) is 3. The largest absolute Gasteiger partial charge is 0.343 e. The lowest BCUT2D eigenvalue weighted by atomic mass is 9.95. The van der Waals surface area contributed by atoms with Crippen molar-refractivity contribution < 1.29 is 4.79 Å². The van der Waals surface area contributed by atoms with Gasteiger partial charge in [-0.3, -0.25) is 4.79 Å². The Bertz CT molecular complexity index is 234. The van der Waals surface area contributed by atoms with E-state index in [2.05, 4.69) is 5.32 Å². The van der Waals surface area contributed by atoms with E-state index in [-0.39, 0.29) is 24.4 Å². The number of carbonyl (C=O) groups excluding carboxylic acids is 1. The van der Waals surface area contributed by atoms with Crippen LogP contribution in [0.4, 0.5) is 0 Å². The Hall–Kier alpha value is -1.08. The summed E-state index contributed by atoms with van der Waals surface area (Å²) in [4.78, 5) is 11.6. The summed E-state index contributed by atoms with van der Waals surface area (Å²) in [5, 5.41) is 10.9. The zero-order valence-electron chi connectivity index (χ0n) is 8.33. The van der Waals surface area contributed by atoms with Gasteiger partial charge in [0.1, 0.15) is 6.54 Å². The molecule has 2 unspecified atom stereocenters. The summed E-state index contributed by atoms with van der Waals surface area (Å²) in [6, 6.07) is 1.86. The highest BCUT2D eigenvalue weighted by atomic mass is 16.1. The number of hydrogen-bond donors (Lipinski definition) is 2. The van der Waals surface area contributed by atoms with Crippen molar-refractivity contribution in [1.82, 2.24) is 5.32 Å². The molecule has 4 nitrogen and oxygen atoms in total. The van der Waals surface area contributed by atoms with Crippen molar-refractivity contribution in [3.05, 3.63) is 0 Å². The molecule has 0 heterocycles. The number of rotatable bonds is 2. The second-order valence-electron chi connectivity index (χ2n) is 3.78. The average Bonchev–Trinajstić information content (AvgIpc) is 2.39. The van der Waals surface area contributed by atoms with E-state index in [9.17, 15) is 4.79 Å². The zero-order valence-corrected chi connectivity index (χ0v) is 8.33. The Balaban J connectivity index is 2.46. The third-order valence-electron chi connectivity index (χ3n) is 2.75. The maximum absolute atomic E-state index is 11.6. The lowest BCUT2D eigenvalue weighted by molar-refractivity contribution is -0.125. The van der Waals surface area contributed by atoms with Crippen LogP contribution in [0, 0.1) is 17.2 Å². The second-order valence-corrected chi connectivity index (χ2v) is 3.78. The number of nitriles is 1. The van der Waals surface area contributed by atoms with E-state index in [4.69, 9.17) is 11.0 Å². The smallest absolute Gasteiger partial charge is 0.225 e. The third kappa shape index (κ3) is 3.00. The van der Waals surface area contributed by atoms with E-state index in [1.165, 1.54) is 0 Å². The van der Waals surface area contributed by atoms with Crippen LogP contribution in [-0.2, 0) is 4.79 Å². The molecule has 14 heavy (non-hydrogen) atoms. The maximum Gasteiger partial charge on any atom is 0.225 e.